The molecule has 1 aromatic carbocycles. The van der Waals surface area contributed by atoms with Crippen LogP contribution in [0.15, 0.2) is 34.9 Å². The van der Waals surface area contributed by atoms with E-state index < -0.39 is 5.97 Å². The van der Waals surface area contributed by atoms with E-state index in [0.717, 1.165) is 6.26 Å². The molecule has 0 bridgehead atoms. The van der Waals surface area contributed by atoms with E-state index >= 15 is 0 Å². The summed E-state index contributed by atoms with van der Waals surface area (Å²) in [6.45, 7) is 0. The lowest BCUT2D eigenvalue weighted by atomic mass is 10.2. The van der Waals surface area contributed by atoms with E-state index in [-0.39, 0.29) is 17.4 Å². The summed E-state index contributed by atoms with van der Waals surface area (Å²) in [4.78, 5) is 14.2. The van der Waals surface area contributed by atoms with Gasteiger partial charge in [-0.15, -0.1) is 0 Å². The predicted octanol–water partition coefficient (Wildman–Crippen LogP) is 2.18. The lowest BCUT2D eigenvalue weighted by Gasteiger charge is -1.93. The summed E-state index contributed by atoms with van der Waals surface area (Å²) in [6.07, 6.45) is 1.04. The van der Waals surface area contributed by atoms with Crippen LogP contribution in [0.4, 0.5) is 4.39 Å². The van der Waals surface area contributed by atoms with Crippen molar-refractivity contribution >= 4 is 5.97 Å². The lowest BCUT2D eigenvalue weighted by molar-refractivity contribution is 0.0690. The van der Waals surface area contributed by atoms with E-state index in [1.54, 1.807) is 0 Å². The predicted molar refractivity (Wildman–Crippen MR) is 48.9 cm³/mol. The molecule has 0 saturated heterocycles. The van der Waals surface area contributed by atoms with E-state index in [1.807, 2.05) is 0 Å². The molecule has 1 aromatic heterocycles. The molecule has 2 rings (SSSR count). The van der Waals surface area contributed by atoms with Crippen molar-refractivity contribution in [3.63, 3.8) is 0 Å². The van der Waals surface area contributed by atoms with Gasteiger partial charge in [0, 0.05) is 5.56 Å². The molecule has 0 fully saturated rings. The van der Waals surface area contributed by atoms with Gasteiger partial charge in [-0.1, -0.05) is 0 Å². The smallest absolute Gasteiger partial charge is 0.357 e. The van der Waals surface area contributed by atoms with Crippen molar-refractivity contribution in [3.8, 4) is 11.5 Å². The first-order valence-electron chi connectivity index (χ1n) is 4.11. The van der Waals surface area contributed by atoms with Crippen LogP contribution in [-0.4, -0.2) is 16.1 Å². The van der Waals surface area contributed by atoms with Crippen LogP contribution < -0.4 is 0 Å². The van der Waals surface area contributed by atoms with E-state index in [2.05, 4.69) is 4.98 Å². The zero-order valence-electron chi connectivity index (χ0n) is 7.48. The fraction of sp³-hybridized carbons (Fsp3) is 0. The van der Waals surface area contributed by atoms with E-state index in [9.17, 15) is 9.18 Å². The second-order valence-corrected chi connectivity index (χ2v) is 2.85. The average Bonchev–Trinajstić information content (AvgIpc) is 2.68. The van der Waals surface area contributed by atoms with Crippen LogP contribution in [0, 0.1) is 5.82 Å². The molecule has 0 aliphatic rings. The Hall–Kier alpha value is -2.17. The van der Waals surface area contributed by atoms with Crippen molar-refractivity contribution in [2.24, 2.45) is 0 Å². The number of carboxylic acid groups (broad SMARTS) is 1. The molecule has 0 saturated carbocycles. The van der Waals surface area contributed by atoms with Gasteiger partial charge in [-0.3, -0.25) is 0 Å². The molecule has 5 heteroatoms. The van der Waals surface area contributed by atoms with Crippen LogP contribution in [0.1, 0.15) is 10.5 Å². The monoisotopic (exact) mass is 207 g/mol. The molecule has 2 aromatic rings. The van der Waals surface area contributed by atoms with Crippen LogP contribution in [0.5, 0.6) is 0 Å². The maximum absolute atomic E-state index is 12.6. The Morgan fingerprint density at radius 1 is 1.33 bits per heavy atom. The fourth-order valence-corrected chi connectivity index (χ4v) is 1.10. The molecule has 15 heavy (non-hydrogen) atoms. The van der Waals surface area contributed by atoms with Gasteiger partial charge in [-0.05, 0) is 24.3 Å². The van der Waals surface area contributed by atoms with Crippen molar-refractivity contribution in [1.82, 2.24) is 4.98 Å². The number of aromatic carboxylic acids is 1. The number of benzene rings is 1. The van der Waals surface area contributed by atoms with Crippen molar-refractivity contribution in [2.75, 3.05) is 0 Å². The lowest BCUT2D eigenvalue weighted by Crippen LogP contribution is -1.95. The molecule has 0 radical (unpaired) electrons. The summed E-state index contributed by atoms with van der Waals surface area (Å²) in [5, 5.41) is 8.61. The standard InChI is InChI=1S/C10H6FNO3/c11-7-3-1-6(2-4-7)9-12-8(5-15-9)10(13)14/h1-5H,(H,13,14). The van der Waals surface area contributed by atoms with Gasteiger partial charge < -0.3 is 9.52 Å². The minimum absolute atomic E-state index is 0.160. The summed E-state index contributed by atoms with van der Waals surface area (Å²) < 4.78 is 17.5. The molecule has 0 atom stereocenters. The van der Waals surface area contributed by atoms with E-state index in [4.69, 9.17) is 9.52 Å². The average molecular weight is 207 g/mol. The van der Waals surface area contributed by atoms with Crippen molar-refractivity contribution in [3.05, 3.63) is 42.0 Å². The molecule has 76 valence electrons. The zero-order valence-corrected chi connectivity index (χ0v) is 7.48. The van der Waals surface area contributed by atoms with Crippen LogP contribution >= 0.6 is 0 Å². The largest absolute Gasteiger partial charge is 0.476 e. The van der Waals surface area contributed by atoms with Crippen LogP contribution in [-0.2, 0) is 0 Å². The normalized spacial score (nSPS) is 10.2. The minimum Gasteiger partial charge on any atom is -0.476 e. The fourth-order valence-electron chi connectivity index (χ4n) is 1.10. The summed E-state index contributed by atoms with van der Waals surface area (Å²) in [7, 11) is 0. The molecular formula is C10H6FNO3. The summed E-state index contributed by atoms with van der Waals surface area (Å²) in [6, 6.07) is 5.43. The number of oxazole rings is 1. The van der Waals surface area contributed by atoms with Gasteiger partial charge in [0.2, 0.25) is 5.89 Å². The zero-order chi connectivity index (χ0) is 10.8. The van der Waals surface area contributed by atoms with Gasteiger partial charge in [-0.25, -0.2) is 14.2 Å². The Kier molecular flexibility index (Phi) is 2.21. The third kappa shape index (κ3) is 1.85. The third-order valence-corrected chi connectivity index (χ3v) is 1.81. The maximum Gasteiger partial charge on any atom is 0.357 e. The number of halogens is 1. The Bertz CT molecular complexity index is 490. The number of carboxylic acids is 1. The molecule has 0 aliphatic heterocycles. The highest BCUT2D eigenvalue weighted by Crippen LogP contribution is 2.18. The molecule has 0 amide bonds. The number of carbonyl (C=O) groups is 1. The van der Waals surface area contributed by atoms with Crippen molar-refractivity contribution in [2.45, 2.75) is 0 Å². The first kappa shape index (κ1) is 9.39. The van der Waals surface area contributed by atoms with Gasteiger partial charge >= 0.3 is 5.97 Å². The molecule has 1 N–H and O–H groups in total. The van der Waals surface area contributed by atoms with Gasteiger partial charge in [0.05, 0.1) is 0 Å². The SMILES string of the molecule is O=C(O)c1coc(-c2ccc(F)cc2)n1. The summed E-state index contributed by atoms with van der Waals surface area (Å²) >= 11 is 0. The minimum atomic E-state index is -1.16. The van der Waals surface area contributed by atoms with Crippen molar-refractivity contribution in [1.29, 1.82) is 0 Å². The quantitative estimate of drug-likeness (QED) is 0.819. The molecule has 0 unspecified atom stereocenters. The third-order valence-electron chi connectivity index (χ3n) is 1.81. The van der Waals surface area contributed by atoms with E-state index in [1.165, 1.54) is 24.3 Å². The number of hydrogen-bond donors (Lipinski definition) is 1. The number of rotatable bonds is 2. The van der Waals surface area contributed by atoms with Crippen LogP contribution in [0.3, 0.4) is 0 Å². The van der Waals surface area contributed by atoms with Crippen molar-refractivity contribution < 1.29 is 18.7 Å². The highest BCUT2D eigenvalue weighted by molar-refractivity contribution is 5.85. The van der Waals surface area contributed by atoms with Gasteiger partial charge in [0.1, 0.15) is 12.1 Å². The number of hydrogen-bond acceptors (Lipinski definition) is 3. The highest BCUT2D eigenvalue weighted by atomic mass is 19.1. The topological polar surface area (TPSA) is 63.3 Å². The second-order valence-electron chi connectivity index (χ2n) is 2.85. The molecule has 4 nitrogen and oxygen atoms in total. The maximum atomic E-state index is 12.6. The first-order valence-corrected chi connectivity index (χ1v) is 4.11. The summed E-state index contributed by atoms with van der Waals surface area (Å²) in [5.74, 6) is -1.37. The van der Waals surface area contributed by atoms with Gasteiger partial charge in [0.25, 0.3) is 0 Å². The molecular weight excluding hydrogens is 201 g/mol. The Labute approximate surface area is 84.0 Å². The van der Waals surface area contributed by atoms with Gasteiger partial charge in [0.15, 0.2) is 5.69 Å². The number of nitrogens with zero attached hydrogens (tertiary/aromatic N) is 1. The number of aromatic nitrogens is 1. The molecule has 1 heterocycles. The van der Waals surface area contributed by atoms with Gasteiger partial charge in [-0.2, -0.15) is 0 Å². The Morgan fingerprint density at radius 3 is 2.53 bits per heavy atom. The van der Waals surface area contributed by atoms with Crippen LogP contribution in [0.2, 0.25) is 0 Å². The summed E-state index contributed by atoms with van der Waals surface area (Å²) in [5.41, 5.74) is 0.359. The van der Waals surface area contributed by atoms with Crippen LogP contribution in [0.25, 0.3) is 11.5 Å². The highest BCUT2D eigenvalue weighted by Gasteiger charge is 2.11. The molecule has 0 spiro atoms. The Balaban J connectivity index is 2.37. The Morgan fingerprint density at radius 2 is 2.00 bits per heavy atom. The first-order chi connectivity index (χ1) is 7.16. The van der Waals surface area contributed by atoms with E-state index in [0.29, 0.717) is 5.56 Å². The molecule has 0 aliphatic carbocycles. The second kappa shape index (κ2) is 3.53.